The number of benzene rings is 2. The van der Waals surface area contributed by atoms with Gasteiger partial charge < -0.3 is 0 Å². The first-order chi connectivity index (χ1) is 15.0. The molecule has 0 saturated heterocycles. The van der Waals surface area contributed by atoms with E-state index in [1.54, 1.807) is 56.3 Å². The predicted octanol–water partition coefficient (Wildman–Crippen LogP) is 4.63. The lowest BCUT2D eigenvalue weighted by atomic mass is 10.2. The molecule has 0 saturated carbocycles. The van der Waals surface area contributed by atoms with E-state index in [2.05, 4.69) is 4.98 Å². The molecule has 0 aliphatic carbocycles. The maximum absolute atomic E-state index is 12.6. The summed E-state index contributed by atoms with van der Waals surface area (Å²) in [6, 6.07) is 17.5. The summed E-state index contributed by atoms with van der Waals surface area (Å²) in [5, 5.41) is 0. The van der Waals surface area contributed by atoms with E-state index in [9.17, 15) is 16.8 Å². The topological polar surface area (TPSA) is 99.6 Å². The Morgan fingerprint density at radius 2 is 0.969 bits per heavy atom. The molecule has 3 aromatic rings. The molecule has 2 atom stereocenters. The summed E-state index contributed by atoms with van der Waals surface area (Å²) in [6.07, 6.45) is -1.77. The Morgan fingerprint density at radius 3 is 1.31 bits per heavy atom. The maximum Gasteiger partial charge on any atom is 0.297 e. The van der Waals surface area contributed by atoms with E-state index >= 15 is 0 Å². The third kappa shape index (κ3) is 5.80. The number of nitrogens with zero attached hydrogens (tertiary/aromatic N) is 1. The molecular weight excluding hydrogens is 450 g/mol. The highest BCUT2D eigenvalue weighted by Gasteiger charge is 2.24. The van der Waals surface area contributed by atoms with Gasteiger partial charge in [0, 0.05) is 0 Å². The normalized spacial score (nSPS) is 14.1. The van der Waals surface area contributed by atoms with Crippen molar-refractivity contribution in [2.45, 2.75) is 49.7 Å². The molecule has 0 fully saturated rings. The lowest BCUT2D eigenvalue weighted by Gasteiger charge is -2.16. The SMILES string of the molecule is Cc1ccc(S(=O)(=O)O[C@@H](C)c2cccc([C@H](C)OS(=O)(=O)c3ccc(C)cc3)n2)cc1. The van der Waals surface area contributed by atoms with Crippen LogP contribution in [-0.4, -0.2) is 21.8 Å². The van der Waals surface area contributed by atoms with Crippen molar-refractivity contribution in [2.75, 3.05) is 0 Å². The lowest BCUT2D eigenvalue weighted by Crippen LogP contribution is -2.14. The van der Waals surface area contributed by atoms with Crippen LogP contribution < -0.4 is 0 Å². The Balaban J connectivity index is 1.76. The Kier molecular flexibility index (Phi) is 7.14. The van der Waals surface area contributed by atoms with Crippen LogP contribution in [0.2, 0.25) is 0 Å². The monoisotopic (exact) mass is 475 g/mol. The van der Waals surface area contributed by atoms with E-state index in [1.165, 1.54) is 24.3 Å². The van der Waals surface area contributed by atoms with Gasteiger partial charge in [0.15, 0.2) is 0 Å². The zero-order chi connectivity index (χ0) is 23.5. The van der Waals surface area contributed by atoms with E-state index in [1.807, 2.05) is 13.8 Å². The van der Waals surface area contributed by atoms with E-state index in [0.29, 0.717) is 11.4 Å². The van der Waals surface area contributed by atoms with Crippen LogP contribution in [0.5, 0.6) is 0 Å². The maximum atomic E-state index is 12.6. The second kappa shape index (κ2) is 9.50. The Labute approximate surface area is 189 Å². The molecule has 0 radical (unpaired) electrons. The number of rotatable bonds is 8. The summed E-state index contributed by atoms with van der Waals surface area (Å²) < 4.78 is 60.9. The van der Waals surface area contributed by atoms with Gasteiger partial charge >= 0.3 is 0 Å². The average molecular weight is 476 g/mol. The van der Waals surface area contributed by atoms with Crippen LogP contribution in [0.25, 0.3) is 0 Å². The average Bonchev–Trinajstić information content (AvgIpc) is 2.74. The zero-order valence-corrected chi connectivity index (χ0v) is 19.9. The van der Waals surface area contributed by atoms with Crippen LogP contribution in [0.4, 0.5) is 0 Å². The molecule has 9 heteroatoms. The second-order valence-corrected chi connectivity index (χ2v) is 10.6. The van der Waals surface area contributed by atoms with Gasteiger partial charge in [0.05, 0.1) is 21.2 Å². The lowest BCUT2D eigenvalue weighted by molar-refractivity contribution is 0.218. The number of aryl methyl sites for hydroxylation is 2. The van der Waals surface area contributed by atoms with Crippen LogP contribution >= 0.6 is 0 Å². The smallest absolute Gasteiger partial charge is 0.257 e. The van der Waals surface area contributed by atoms with E-state index in [-0.39, 0.29) is 9.79 Å². The Bertz CT molecular complexity index is 1190. The highest BCUT2D eigenvalue weighted by atomic mass is 32.2. The molecule has 1 heterocycles. The van der Waals surface area contributed by atoms with E-state index < -0.39 is 32.4 Å². The van der Waals surface area contributed by atoms with Gasteiger partial charge in [-0.1, -0.05) is 41.5 Å². The van der Waals surface area contributed by atoms with Gasteiger partial charge in [0.1, 0.15) is 12.2 Å². The van der Waals surface area contributed by atoms with Gasteiger partial charge in [-0.25, -0.2) is 0 Å². The second-order valence-electron chi connectivity index (χ2n) is 7.50. The molecule has 1 aromatic heterocycles. The largest absolute Gasteiger partial charge is 0.297 e. The Hall–Kier alpha value is -2.59. The first-order valence-electron chi connectivity index (χ1n) is 9.95. The third-order valence-corrected chi connectivity index (χ3v) is 7.57. The molecule has 0 N–H and O–H groups in total. The minimum absolute atomic E-state index is 0.0481. The van der Waals surface area contributed by atoms with Crippen LogP contribution in [0.15, 0.2) is 76.5 Å². The molecule has 32 heavy (non-hydrogen) atoms. The summed E-state index contributed by atoms with van der Waals surface area (Å²) in [6.45, 7) is 6.84. The molecule has 3 rings (SSSR count). The van der Waals surface area contributed by atoms with E-state index in [0.717, 1.165) is 11.1 Å². The number of hydrogen-bond donors (Lipinski definition) is 0. The van der Waals surface area contributed by atoms with Gasteiger partial charge in [-0.05, 0) is 64.1 Å². The van der Waals surface area contributed by atoms with Crippen molar-refractivity contribution < 1.29 is 25.2 Å². The van der Waals surface area contributed by atoms with Crippen LogP contribution in [0.1, 0.15) is 48.6 Å². The van der Waals surface area contributed by atoms with Crippen molar-refractivity contribution in [2.24, 2.45) is 0 Å². The highest BCUT2D eigenvalue weighted by molar-refractivity contribution is 7.87. The molecule has 0 aliphatic heterocycles. The Morgan fingerprint density at radius 1 is 0.625 bits per heavy atom. The minimum atomic E-state index is -3.99. The number of hydrogen-bond acceptors (Lipinski definition) is 7. The molecule has 0 spiro atoms. The molecular formula is C23H25NO6S2. The van der Waals surface area contributed by atoms with E-state index in [4.69, 9.17) is 8.37 Å². The molecule has 7 nitrogen and oxygen atoms in total. The van der Waals surface area contributed by atoms with Crippen molar-refractivity contribution in [3.8, 4) is 0 Å². The summed E-state index contributed by atoms with van der Waals surface area (Å²) in [5.41, 5.74) is 2.53. The van der Waals surface area contributed by atoms with Gasteiger partial charge in [-0.2, -0.15) is 16.8 Å². The third-order valence-electron chi connectivity index (χ3n) is 4.79. The standard InChI is InChI=1S/C23H25NO6S2/c1-16-8-12-20(13-9-16)31(25,26)29-18(3)22-6-5-7-23(24-22)19(4)30-32(27,28)21-14-10-17(2)11-15-21/h5-15,18-19H,1-4H3/t18-,19-/m0/s1. The summed E-state index contributed by atoms with van der Waals surface area (Å²) in [7, 11) is -7.99. The highest BCUT2D eigenvalue weighted by Crippen LogP contribution is 2.26. The van der Waals surface area contributed by atoms with Crippen molar-refractivity contribution in [3.05, 3.63) is 89.2 Å². The molecule has 2 aromatic carbocycles. The minimum Gasteiger partial charge on any atom is -0.257 e. The first-order valence-corrected chi connectivity index (χ1v) is 12.8. The molecule has 170 valence electrons. The molecule has 0 aliphatic rings. The van der Waals surface area contributed by atoms with Gasteiger partial charge in [0.2, 0.25) is 0 Å². The fraction of sp³-hybridized carbons (Fsp3) is 0.261. The summed E-state index contributed by atoms with van der Waals surface area (Å²) in [4.78, 5) is 4.47. The van der Waals surface area contributed by atoms with Gasteiger partial charge in [-0.15, -0.1) is 0 Å². The molecule has 0 bridgehead atoms. The van der Waals surface area contributed by atoms with Crippen molar-refractivity contribution in [1.82, 2.24) is 4.98 Å². The summed E-state index contributed by atoms with van der Waals surface area (Å²) >= 11 is 0. The fourth-order valence-electron chi connectivity index (χ4n) is 2.92. The first kappa shape index (κ1) is 24.1. The predicted molar refractivity (Wildman–Crippen MR) is 120 cm³/mol. The van der Waals surface area contributed by atoms with Crippen molar-refractivity contribution in [1.29, 1.82) is 0 Å². The fourth-order valence-corrected chi connectivity index (χ4v) is 5.04. The number of aromatic nitrogens is 1. The van der Waals surface area contributed by atoms with Crippen LogP contribution in [0, 0.1) is 13.8 Å². The van der Waals surface area contributed by atoms with Crippen LogP contribution in [-0.2, 0) is 28.6 Å². The van der Waals surface area contributed by atoms with Crippen LogP contribution in [0.3, 0.4) is 0 Å². The van der Waals surface area contributed by atoms with Crippen molar-refractivity contribution in [3.63, 3.8) is 0 Å². The summed E-state index contributed by atoms with van der Waals surface area (Å²) in [5.74, 6) is 0. The van der Waals surface area contributed by atoms with Gasteiger partial charge in [-0.3, -0.25) is 13.4 Å². The number of pyridine rings is 1. The zero-order valence-electron chi connectivity index (χ0n) is 18.2. The van der Waals surface area contributed by atoms with Crippen molar-refractivity contribution >= 4 is 20.2 Å². The molecule has 0 amide bonds. The quantitative estimate of drug-likeness (QED) is 0.438. The molecule has 0 unspecified atom stereocenters. The van der Waals surface area contributed by atoms with Gasteiger partial charge in [0.25, 0.3) is 20.2 Å².